The van der Waals surface area contributed by atoms with Gasteiger partial charge in [-0.2, -0.15) is 0 Å². The molecule has 0 spiro atoms. The third-order valence-electron chi connectivity index (χ3n) is 3.86. The lowest BCUT2D eigenvalue weighted by Gasteiger charge is -2.08. The molecule has 2 nitrogen and oxygen atoms in total. The van der Waals surface area contributed by atoms with Crippen molar-refractivity contribution >= 4 is 17.1 Å². The summed E-state index contributed by atoms with van der Waals surface area (Å²) in [4.78, 5) is 11.7. The lowest BCUT2D eigenvalue weighted by Crippen LogP contribution is -2.13. The van der Waals surface area contributed by atoms with Crippen LogP contribution >= 0.6 is 0 Å². The van der Waals surface area contributed by atoms with Crippen LogP contribution < -0.4 is 5.73 Å². The third-order valence-corrected chi connectivity index (χ3v) is 3.86. The summed E-state index contributed by atoms with van der Waals surface area (Å²) in [7, 11) is 0. The molecule has 0 aliphatic carbocycles. The normalized spacial score (nSPS) is 13.6. The average Bonchev–Trinajstić information content (AvgIpc) is 2.59. The van der Waals surface area contributed by atoms with E-state index >= 15 is 0 Å². The van der Waals surface area contributed by atoms with Crippen LogP contribution in [0.25, 0.3) is 11.1 Å². The van der Waals surface area contributed by atoms with Gasteiger partial charge in [0.2, 0.25) is 5.91 Å². The Morgan fingerprint density at radius 3 is 2.25 bits per heavy atom. The Labute approximate surface area is 146 Å². The zero-order chi connectivity index (χ0) is 17.9. The lowest BCUT2D eigenvalue weighted by molar-refractivity contribution is -0.112. The number of rotatable bonds is 8. The third kappa shape index (κ3) is 6.04. The Bertz CT molecular complexity index is 658. The maximum Gasteiger partial charge on any atom is 0.248 e. The monoisotopic (exact) mass is 323 g/mol. The molecule has 0 heterocycles. The zero-order valence-corrected chi connectivity index (χ0v) is 15.3. The Morgan fingerprint density at radius 2 is 1.75 bits per heavy atom. The van der Waals surface area contributed by atoms with Gasteiger partial charge in [0, 0.05) is 5.57 Å². The van der Waals surface area contributed by atoms with E-state index in [9.17, 15) is 4.79 Å². The zero-order valence-electron chi connectivity index (χ0n) is 15.3. The first-order valence-corrected chi connectivity index (χ1v) is 8.64. The van der Waals surface area contributed by atoms with Crippen molar-refractivity contribution < 1.29 is 4.79 Å². The maximum absolute atomic E-state index is 11.7. The summed E-state index contributed by atoms with van der Waals surface area (Å²) in [6, 6.07) is 8.04. The lowest BCUT2D eigenvalue weighted by atomic mass is 9.97. The number of unbranched alkanes of at least 4 members (excludes halogenated alkanes) is 1. The van der Waals surface area contributed by atoms with Crippen LogP contribution in [0.4, 0.5) is 0 Å². The molecule has 0 aliphatic rings. The first kappa shape index (κ1) is 19.7. The molecule has 0 saturated heterocycles. The van der Waals surface area contributed by atoms with E-state index in [4.69, 9.17) is 5.73 Å². The average molecular weight is 323 g/mol. The number of amides is 1. The summed E-state index contributed by atoms with van der Waals surface area (Å²) in [5, 5.41) is 0. The number of carbonyl (C=O) groups is 1. The van der Waals surface area contributed by atoms with Crippen molar-refractivity contribution in [3.8, 4) is 0 Å². The molecule has 0 radical (unpaired) electrons. The Kier molecular flexibility index (Phi) is 8.56. The highest BCUT2D eigenvalue weighted by molar-refractivity contribution is 6.18. The molecule has 1 aromatic carbocycles. The highest BCUT2D eigenvalue weighted by Gasteiger charge is 2.08. The molecule has 24 heavy (non-hydrogen) atoms. The van der Waals surface area contributed by atoms with Crippen LogP contribution in [0.3, 0.4) is 0 Å². The Hall–Kier alpha value is -2.35. The SMILES string of the molecule is C\C=C/C=C(\C=C(/C)CC)c1ccc(/C(=C\CCC)C(N)=O)cc1. The van der Waals surface area contributed by atoms with Gasteiger partial charge in [-0.1, -0.05) is 80.5 Å². The van der Waals surface area contributed by atoms with Crippen molar-refractivity contribution in [2.75, 3.05) is 0 Å². The van der Waals surface area contributed by atoms with Crippen molar-refractivity contribution in [3.05, 3.63) is 71.3 Å². The van der Waals surface area contributed by atoms with Gasteiger partial charge in [0.05, 0.1) is 0 Å². The highest BCUT2D eigenvalue weighted by atomic mass is 16.1. The van der Waals surface area contributed by atoms with Crippen LogP contribution in [0.5, 0.6) is 0 Å². The second-order valence-electron chi connectivity index (χ2n) is 5.84. The number of nitrogens with two attached hydrogens (primary N) is 1. The van der Waals surface area contributed by atoms with Gasteiger partial charge in [0.15, 0.2) is 0 Å². The molecule has 2 heteroatoms. The molecule has 0 atom stereocenters. The molecular weight excluding hydrogens is 294 g/mol. The van der Waals surface area contributed by atoms with E-state index in [1.165, 1.54) is 5.57 Å². The van der Waals surface area contributed by atoms with Crippen molar-refractivity contribution in [2.45, 2.75) is 47.0 Å². The predicted molar refractivity (Wildman–Crippen MR) is 105 cm³/mol. The van der Waals surface area contributed by atoms with E-state index in [2.05, 4.69) is 32.9 Å². The second kappa shape index (κ2) is 10.4. The van der Waals surface area contributed by atoms with Crippen molar-refractivity contribution in [1.29, 1.82) is 0 Å². The van der Waals surface area contributed by atoms with E-state index in [1.54, 1.807) is 0 Å². The minimum Gasteiger partial charge on any atom is -0.366 e. The number of benzene rings is 1. The van der Waals surface area contributed by atoms with E-state index in [-0.39, 0.29) is 5.91 Å². The fourth-order valence-electron chi connectivity index (χ4n) is 2.29. The van der Waals surface area contributed by atoms with Crippen molar-refractivity contribution in [2.24, 2.45) is 5.73 Å². The molecule has 0 saturated carbocycles. The van der Waals surface area contributed by atoms with Gasteiger partial charge < -0.3 is 5.73 Å². The van der Waals surface area contributed by atoms with E-state index in [0.717, 1.165) is 36.0 Å². The van der Waals surface area contributed by atoms with Crippen molar-refractivity contribution in [1.82, 2.24) is 0 Å². The number of hydrogen-bond acceptors (Lipinski definition) is 1. The quantitative estimate of drug-likeness (QED) is 0.486. The maximum atomic E-state index is 11.7. The van der Waals surface area contributed by atoms with Gasteiger partial charge in [-0.25, -0.2) is 0 Å². The highest BCUT2D eigenvalue weighted by Crippen LogP contribution is 2.22. The summed E-state index contributed by atoms with van der Waals surface area (Å²) in [5.41, 5.74) is 10.6. The van der Waals surface area contributed by atoms with Crippen LogP contribution in [0.2, 0.25) is 0 Å². The van der Waals surface area contributed by atoms with E-state index in [1.807, 2.05) is 49.4 Å². The molecule has 1 amide bonds. The van der Waals surface area contributed by atoms with Gasteiger partial charge in [-0.15, -0.1) is 0 Å². The van der Waals surface area contributed by atoms with Crippen LogP contribution in [0.1, 0.15) is 58.1 Å². The van der Waals surface area contributed by atoms with Crippen LogP contribution in [-0.4, -0.2) is 5.91 Å². The molecule has 1 rings (SSSR count). The van der Waals surface area contributed by atoms with E-state index < -0.39 is 0 Å². The summed E-state index contributed by atoms with van der Waals surface area (Å²) >= 11 is 0. The molecule has 0 unspecified atom stereocenters. The van der Waals surface area contributed by atoms with Crippen molar-refractivity contribution in [3.63, 3.8) is 0 Å². The van der Waals surface area contributed by atoms with Gasteiger partial charge in [-0.05, 0) is 43.4 Å². The minimum atomic E-state index is -0.373. The topological polar surface area (TPSA) is 43.1 Å². The fourth-order valence-corrected chi connectivity index (χ4v) is 2.29. The van der Waals surface area contributed by atoms with Gasteiger partial charge in [-0.3, -0.25) is 4.79 Å². The molecule has 0 aliphatic heterocycles. The number of carbonyl (C=O) groups excluding carboxylic acids is 1. The van der Waals surface area contributed by atoms with Gasteiger partial charge >= 0.3 is 0 Å². The molecule has 128 valence electrons. The van der Waals surface area contributed by atoms with Crippen LogP contribution in [0, 0.1) is 0 Å². The first-order chi connectivity index (χ1) is 11.5. The molecule has 0 bridgehead atoms. The van der Waals surface area contributed by atoms with Gasteiger partial charge in [0.1, 0.15) is 0 Å². The standard InChI is InChI=1S/C22H29NO/c1-5-8-10-20(16-17(4)7-3)18-12-14-19(15-13-18)21(22(23)24)11-9-6-2/h5,8,10-16H,6-7,9H2,1-4H3,(H2,23,24)/b8-5-,17-16+,20-10+,21-11+. The van der Waals surface area contributed by atoms with Gasteiger partial charge in [0.25, 0.3) is 0 Å². The molecule has 0 fully saturated rings. The largest absolute Gasteiger partial charge is 0.366 e. The minimum absolute atomic E-state index is 0.373. The Balaban J connectivity index is 3.21. The predicted octanol–water partition coefficient (Wildman–Crippen LogP) is 5.67. The number of primary amides is 1. The molecular formula is C22H29NO. The molecule has 0 aromatic heterocycles. The number of hydrogen-bond donors (Lipinski definition) is 1. The Morgan fingerprint density at radius 1 is 1.12 bits per heavy atom. The number of allylic oxidation sites excluding steroid dienone is 7. The summed E-state index contributed by atoms with van der Waals surface area (Å²) in [5.74, 6) is -0.373. The molecule has 1 aromatic rings. The summed E-state index contributed by atoms with van der Waals surface area (Å²) in [6.45, 7) is 8.38. The van der Waals surface area contributed by atoms with Crippen LogP contribution in [0.15, 0.2) is 60.2 Å². The van der Waals surface area contributed by atoms with Crippen LogP contribution in [-0.2, 0) is 4.79 Å². The smallest absolute Gasteiger partial charge is 0.248 e. The molecule has 2 N–H and O–H groups in total. The second-order valence-corrected chi connectivity index (χ2v) is 5.84. The van der Waals surface area contributed by atoms with E-state index in [0.29, 0.717) is 5.57 Å². The fraction of sp³-hybridized carbons (Fsp3) is 0.318. The first-order valence-electron chi connectivity index (χ1n) is 8.64. The summed E-state index contributed by atoms with van der Waals surface area (Å²) in [6.07, 6.45) is 13.2. The summed E-state index contributed by atoms with van der Waals surface area (Å²) < 4.78 is 0.